The zero-order valence-electron chi connectivity index (χ0n) is 10.9. The summed E-state index contributed by atoms with van der Waals surface area (Å²) in [6.07, 6.45) is 0.729. The van der Waals surface area contributed by atoms with Gasteiger partial charge in [0.05, 0.1) is 7.11 Å². The van der Waals surface area contributed by atoms with Crippen LogP contribution in [0.3, 0.4) is 0 Å². The number of methoxy groups -OCH3 is 1. The Morgan fingerprint density at radius 3 is 2.83 bits per heavy atom. The predicted molar refractivity (Wildman–Crippen MR) is 70.1 cm³/mol. The van der Waals surface area contributed by atoms with E-state index in [0.717, 1.165) is 11.7 Å². The lowest BCUT2D eigenvalue weighted by Gasteiger charge is -2.13. The minimum Gasteiger partial charge on any atom is -0.497 e. The van der Waals surface area contributed by atoms with Gasteiger partial charge >= 0.3 is 0 Å². The quantitative estimate of drug-likeness (QED) is 0.770. The third-order valence-corrected chi connectivity index (χ3v) is 3.21. The van der Waals surface area contributed by atoms with Gasteiger partial charge in [0.25, 0.3) is 0 Å². The summed E-state index contributed by atoms with van der Waals surface area (Å²) >= 11 is 0. The average molecular weight is 251 g/mol. The first kappa shape index (κ1) is 13.2. The summed E-state index contributed by atoms with van der Waals surface area (Å²) < 4.78 is 10.6. The average Bonchev–Trinajstić information content (AvgIpc) is 3.10. The first-order chi connectivity index (χ1) is 8.69. The number of hydrogen-bond donors (Lipinski definition) is 2. The molecule has 1 aromatic rings. The van der Waals surface area contributed by atoms with Crippen LogP contribution >= 0.6 is 0 Å². The number of aliphatic hydroxyl groups excluding tert-OH is 1. The van der Waals surface area contributed by atoms with Crippen molar-refractivity contribution in [3.8, 4) is 11.5 Å². The van der Waals surface area contributed by atoms with Crippen molar-refractivity contribution in [3.05, 3.63) is 24.3 Å². The maximum atomic E-state index is 9.78. The summed E-state index contributed by atoms with van der Waals surface area (Å²) in [5.41, 5.74) is 0. The molecule has 2 rings (SSSR count). The summed E-state index contributed by atoms with van der Waals surface area (Å²) in [7, 11) is 1.62. The van der Waals surface area contributed by atoms with Gasteiger partial charge in [-0.15, -0.1) is 0 Å². The van der Waals surface area contributed by atoms with E-state index in [9.17, 15) is 5.11 Å². The minimum atomic E-state index is -0.482. The van der Waals surface area contributed by atoms with Crippen LogP contribution in [0, 0.1) is 5.92 Å². The summed E-state index contributed by atoms with van der Waals surface area (Å²) in [5.74, 6) is 2.22. The van der Waals surface area contributed by atoms with E-state index in [4.69, 9.17) is 9.47 Å². The molecule has 3 atom stereocenters. The second-order valence-corrected chi connectivity index (χ2v) is 4.87. The van der Waals surface area contributed by atoms with Crippen molar-refractivity contribution in [1.29, 1.82) is 0 Å². The molecule has 0 heterocycles. The molecule has 1 aliphatic carbocycles. The van der Waals surface area contributed by atoms with Crippen LogP contribution in [0.1, 0.15) is 13.3 Å². The van der Waals surface area contributed by atoms with E-state index in [2.05, 4.69) is 12.2 Å². The number of benzene rings is 1. The van der Waals surface area contributed by atoms with Gasteiger partial charge in [-0.2, -0.15) is 0 Å². The third-order valence-electron chi connectivity index (χ3n) is 3.21. The van der Waals surface area contributed by atoms with Gasteiger partial charge in [-0.3, -0.25) is 0 Å². The normalized spacial score (nSPS) is 23.5. The largest absolute Gasteiger partial charge is 0.497 e. The van der Waals surface area contributed by atoms with E-state index in [1.54, 1.807) is 7.11 Å². The number of nitrogens with one attached hydrogen (secondary N) is 1. The fourth-order valence-corrected chi connectivity index (χ4v) is 1.84. The van der Waals surface area contributed by atoms with Crippen LogP contribution < -0.4 is 14.8 Å². The molecule has 4 nitrogen and oxygen atoms in total. The Hall–Kier alpha value is -1.26. The second-order valence-electron chi connectivity index (χ2n) is 4.87. The zero-order valence-corrected chi connectivity index (χ0v) is 10.9. The molecule has 0 aromatic heterocycles. The molecule has 4 heteroatoms. The van der Waals surface area contributed by atoms with Gasteiger partial charge in [0.2, 0.25) is 0 Å². The van der Waals surface area contributed by atoms with Gasteiger partial charge < -0.3 is 19.9 Å². The molecular formula is C14H21NO3. The van der Waals surface area contributed by atoms with Crippen molar-refractivity contribution >= 4 is 0 Å². The first-order valence-corrected chi connectivity index (χ1v) is 6.37. The van der Waals surface area contributed by atoms with E-state index in [1.807, 2.05) is 24.3 Å². The van der Waals surface area contributed by atoms with Gasteiger partial charge in [0.15, 0.2) is 0 Å². The Kier molecular flexibility index (Phi) is 4.44. The van der Waals surface area contributed by atoms with Crippen LogP contribution in [0.5, 0.6) is 11.5 Å². The number of ether oxygens (including phenoxy) is 2. The Balaban J connectivity index is 1.69. The molecule has 1 fully saturated rings. The smallest absolute Gasteiger partial charge is 0.123 e. The molecule has 1 aliphatic rings. The lowest BCUT2D eigenvalue weighted by atomic mass is 10.3. The van der Waals surface area contributed by atoms with E-state index in [-0.39, 0.29) is 0 Å². The molecule has 0 saturated heterocycles. The maximum Gasteiger partial charge on any atom is 0.123 e. The standard InChI is InChI=1S/C14H21NO3/c1-10-6-14(10)15-8-11(16)9-18-13-5-3-4-12(7-13)17-2/h3-5,7,10-11,14-16H,6,8-9H2,1-2H3. The zero-order chi connectivity index (χ0) is 13.0. The van der Waals surface area contributed by atoms with Crippen LogP contribution in [0.2, 0.25) is 0 Å². The molecular weight excluding hydrogens is 230 g/mol. The maximum absolute atomic E-state index is 9.78. The molecule has 0 spiro atoms. The van der Waals surface area contributed by atoms with E-state index >= 15 is 0 Å². The lowest BCUT2D eigenvalue weighted by Crippen LogP contribution is -2.33. The summed E-state index contributed by atoms with van der Waals surface area (Å²) in [5, 5.41) is 13.1. The molecule has 100 valence electrons. The molecule has 2 N–H and O–H groups in total. The highest BCUT2D eigenvalue weighted by atomic mass is 16.5. The summed E-state index contributed by atoms with van der Waals surface area (Å²) in [6, 6.07) is 7.97. The molecule has 18 heavy (non-hydrogen) atoms. The van der Waals surface area contributed by atoms with Crippen LogP contribution in [0.25, 0.3) is 0 Å². The number of rotatable bonds is 7. The van der Waals surface area contributed by atoms with Crippen molar-refractivity contribution in [1.82, 2.24) is 5.32 Å². The Morgan fingerprint density at radius 1 is 1.44 bits per heavy atom. The molecule has 0 aliphatic heterocycles. The van der Waals surface area contributed by atoms with Crippen molar-refractivity contribution < 1.29 is 14.6 Å². The van der Waals surface area contributed by atoms with Gasteiger partial charge in [0, 0.05) is 18.7 Å². The third kappa shape index (κ3) is 3.89. The molecule has 3 unspecified atom stereocenters. The highest BCUT2D eigenvalue weighted by Gasteiger charge is 2.32. The molecule has 0 amide bonds. The van der Waals surface area contributed by atoms with Crippen LogP contribution in [-0.2, 0) is 0 Å². The second kappa shape index (κ2) is 6.07. The van der Waals surface area contributed by atoms with Gasteiger partial charge in [-0.25, -0.2) is 0 Å². The van der Waals surface area contributed by atoms with Crippen LogP contribution in [-0.4, -0.2) is 37.5 Å². The highest BCUT2D eigenvalue weighted by Crippen LogP contribution is 2.28. The Labute approximate surface area is 108 Å². The van der Waals surface area contributed by atoms with Crippen molar-refractivity contribution in [3.63, 3.8) is 0 Å². The van der Waals surface area contributed by atoms with Gasteiger partial charge in [0.1, 0.15) is 24.2 Å². The van der Waals surface area contributed by atoms with Gasteiger partial charge in [-0.1, -0.05) is 13.0 Å². The SMILES string of the molecule is COc1cccc(OCC(O)CNC2CC2C)c1. The fourth-order valence-electron chi connectivity index (χ4n) is 1.84. The summed E-state index contributed by atoms with van der Waals surface area (Å²) in [4.78, 5) is 0. The Morgan fingerprint density at radius 2 is 2.17 bits per heavy atom. The molecule has 1 aromatic carbocycles. The molecule has 0 bridgehead atoms. The van der Waals surface area contributed by atoms with E-state index in [1.165, 1.54) is 6.42 Å². The van der Waals surface area contributed by atoms with Crippen molar-refractivity contribution in [2.24, 2.45) is 5.92 Å². The van der Waals surface area contributed by atoms with Crippen molar-refractivity contribution in [2.45, 2.75) is 25.5 Å². The predicted octanol–water partition coefficient (Wildman–Crippen LogP) is 1.43. The lowest BCUT2D eigenvalue weighted by molar-refractivity contribution is 0.105. The van der Waals surface area contributed by atoms with E-state index < -0.39 is 6.10 Å². The van der Waals surface area contributed by atoms with Crippen LogP contribution in [0.15, 0.2) is 24.3 Å². The Bertz CT molecular complexity index is 383. The molecule has 0 radical (unpaired) electrons. The minimum absolute atomic E-state index is 0.293. The first-order valence-electron chi connectivity index (χ1n) is 6.37. The van der Waals surface area contributed by atoms with Crippen molar-refractivity contribution in [2.75, 3.05) is 20.3 Å². The topological polar surface area (TPSA) is 50.7 Å². The number of hydrogen-bond acceptors (Lipinski definition) is 4. The number of aliphatic hydroxyl groups is 1. The fraction of sp³-hybridized carbons (Fsp3) is 0.571. The highest BCUT2D eigenvalue weighted by molar-refractivity contribution is 5.32. The van der Waals surface area contributed by atoms with E-state index in [0.29, 0.717) is 24.9 Å². The van der Waals surface area contributed by atoms with Crippen LogP contribution in [0.4, 0.5) is 0 Å². The van der Waals surface area contributed by atoms with Gasteiger partial charge in [-0.05, 0) is 24.5 Å². The summed E-state index contributed by atoms with van der Waals surface area (Å²) in [6.45, 7) is 3.08. The monoisotopic (exact) mass is 251 g/mol. The molecule has 1 saturated carbocycles.